The van der Waals surface area contributed by atoms with Crippen molar-refractivity contribution in [3.05, 3.63) is 0 Å². The summed E-state index contributed by atoms with van der Waals surface area (Å²) >= 11 is 0. The van der Waals surface area contributed by atoms with Crippen molar-refractivity contribution in [2.24, 2.45) is 11.8 Å². The summed E-state index contributed by atoms with van der Waals surface area (Å²) in [6.45, 7) is 8.20. The van der Waals surface area contributed by atoms with E-state index >= 15 is 0 Å². The molecule has 7 atom stereocenters. The molecule has 0 saturated carbocycles. The first-order valence-corrected chi connectivity index (χ1v) is 11.5. The molecule has 0 radical (unpaired) electrons. The third-order valence-corrected chi connectivity index (χ3v) is 7.02. The first-order chi connectivity index (χ1) is 14.4. The van der Waals surface area contributed by atoms with Gasteiger partial charge in [0.2, 0.25) is 17.7 Å². The van der Waals surface area contributed by atoms with Gasteiger partial charge in [-0.25, -0.2) is 0 Å². The Bertz CT molecular complexity index is 667. The summed E-state index contributed by atoms with van der Waals surface area (Å²) in [5.41, 5.74) is -0.991. The standard InChI is InChI=1S/C22H37N3O5/c1-5-8-13(4)24-20(28)18-22-10-9-15(30-22)16(19(27)23-11-6-2)17(22)21(29)25(18)14(7-3)12-26/h13-18,26H,5-12H2,1-4H3,(H,23,27)(H,24,28)/t13?,14-,15-,16+,17-,18?,22?/m0/s1. The normalized spacial score (nSPS) is 34.0. The van der Waals surface area contributed by atoms with E-state index < -0.39 is 29.5 Å². The Balaban J connectivity index is 1.96. The van der Waals surface area contributed by atoms with Crippen LogP contribution in [0.1, 0.15) is 66.2 Å². The second kappa shape index (κ2) is 9.22. The van der Waals surface area contributed by atoms with Crippen LogP contribution >= 0.6 is 0 Å². The summed E-state index contributed by atoms with van der Waals surface area (Å²) < 4.78 is 6.35. The van der Waals surface area contributed by atoms with E-state index in [0.717, 1.165) is 19.3 Å². The van der Waals surface area contributed by atoms with Gasteiger partial charge in [-0.15, -0.1) is 0 Å². The maximum atomic E-state index is 13.6. The van der Waals surface area contributed by atoms with Crippen LogP contribution in [0.2, 0.25) is 0 Å². The van der Waals surface area contributed by atoms with Gasteiger partial charge in [0.1, 0.15) is 11.6 Å². The summed E-state index contributed by atoms with van der Waals surface area (Å²) in [6.07, 6.45) is 4.00. The van der Waals surface area contributed by atoms with E-state index in [0.29, 0.717) is 25.8 Å². The van der Waals surface area contributed by atoms with Crippen molar-refractivity contribution < 1.29 is 24.2 Å². The Morgan fingerprint density at radius 2 is 2.00 bits per heavy atom. The minimum absolute atomic E-state index is 0.0219. The summed E-state index contributed by atoms with van der Waals surface area (Å²) in [7, 11) is 0. The van der Waals surface area contributed by atoms with E-state index in [4.69, 9.17) is 4.74 Å². The number of aliphatic hydroxyl groups is 1. The van der Waals surface area contributed by atoms with E-state index in [9.17, 15) is 19.5 Å². The molecule has 0 aromatic heterocycles. The summed E-state index contributed by atoms with van der Waals surface area (Å²) in [6, 6.07) is -1.32. The van der Waals surface area contributed by atoms with Gasteiger partial charge in [-0.3, -0.25) is 14.4 Å². The molecule has 30 heavy (non-hydrogen) atoms. The fraction of sp³-hybridized carbons (Fsp3) is 0.864. The van der Waals surface area contributed by atoms with Crippen LogP contribution in [0.3, 0.4) is 0 Å². The number of nitrogens with one attached hydrogen (secondary N) is 2. The Morgan fingerprint density at radius 1 is 1.27 bits per heavy atom. The third kappa shape index (κ3) is 3.62. The Labute approximate surface area is 179 Å². The lowest BCUT2D eigenvalue weighted by Gasteiger charge is -2.37. The van der Waals surface area contributed by atoms with Gasteiger partial charge in [0.15, 0.2) is 0 Å². The SMILES string of the molecule is CCCNC(=O)[C@@H]1[C@@H]2CCC3(O2)C(C(=O)NC(C)CCC)N([C@@H](CC)CO)C(=O)[C@H]13. The molecule has 3 unspecified atom stereocenters. The minimum atomic E-state index is -0.991. The van der Waals surface area contributed by atoms with E-state index in [1.807, 2.05) is 20.8 Å². The molecule has 170 valence electrons. The number of carbonyl (C=O) groups excluding carboxylic acids is 3. The van der Waals surface area contributed by atoms with E-state index in [-0.39, 0.29) is 36.5 Å². The Hall–Kier alpha value is -1.67. The van der Waals surface area contributed by atoms with Crippen molar-refractivity contribution in [1.82, 2.24) is 15.5 Å². The predicted molar refractivity (Wildman–Crippen MR) is 111 cm³/mol. The molecule has 3 saturated heterocycles. The number of likely N-dealkylation sites (tertiary alicyclic amines) is 1. The number of aliphatic hydroxyl groups excluding tert-OH is 1. The molecule has 3 amide bonds. The first-order valence-electron chi connectivity index (χ1n) is 11.5. The highest BCUT2D eigenvalue weighted by molar-refractivity contribution is 5.99. The molecule has 8 heteroatoms. The quantitative estimate of drug-likeness (QED) is 0.485. The summed E-state index contributed by atoms with van der Waals surface area (Å²) in [5, 5.41) is 15.9. The maximum absolute atomic E-state index is 13.6. The van der Waals surface area contributed by atoms with Crippen molar-refractivity contribution in [1.29, 1.82) is 0 Å². The van der Waals surface area contributed by atoms with Crippen LogP contribution in [0.4, 0.5) is 0 Å². The molecule has 3 rings (SSSR count). The van der Waals surface area contributed by atoms with Crippen molar-refractivity contribution >= 4 is 17.7 Å². The molecular formula is C22H37N3O5. The van der Waals surface area contributed by atoms with Crippen LogP contribution in [-0.4, -0.2) is 70.7 Å². The molecule has 0 aromatic rings. The second-order valence-corrected chi connectivity index (χ2v) is 9.04. The lowest BCUT2D eigenvalue weighted by Crippen LogP contribution is -2.59. The molecule has 2 bridgehead atoms. The number of amides is 3. The number of ether oxygens (including phenoxy) is 1. The molecule has 3 aliphatic rings. The average molecular weight is 424 g/mol. The number of carbonyl (C=O) groups is 3. The number of fused-ring (bicyclic) bond motifs is 1. The molecule has 3 aliphatic heterocycles. The molecule has 3 fully saturated rings. The van der Waals surface area contributed by atoms with Gasteiger partial charge in [0.05, 0.1) is 30.6 Å². The number of rotatable bonds is 10. The fourth-order valence-electron chi connectivity index (χ4n) is 5.69. The van der Waals surface area contributed by atoms with Gasteiger partial charge in [-0.05, 0) is 39.0 Å². The van der Waals surface area contributed by atoms with Crippen LogP contribution in [0.15, 0.2) is 0 Å². The van der Waals surface area contributed by atoms with Crippen molar-refractivity contribution in [2.45, 2.75) is 96.1 Å². The second-order valence-electron chi connectivity index (χ2n) is 9.04. The molecule has 3 heterocycles. The van der Waals surface area contributed by atoms with Gasteiger partial charge >= 0.3 is 0 Å². The largest absolute Gasteiger partial charge is 0.394 e. The van der Waals surface area contributed by atoms with E-state index in [1.54, 1.807) is 0 Å². The molecular weight excluding hydrogens is 386 g/mol. The topological polar surface area (TPSA) is 108 Å². The van der Waals surface area contributed by atoms with Gasteiger partial charge < -0.3 is 25.4 Å². The first kappa shape index (κ1) is 23.0. The van der Waals surface area contributed by atoms with Gasteiger partial charge in [-0.1, -0.05) is 27.2 Å². The zero-order chi connectivity index (χ0) is 22.1. The Morgan fingerprint density at radius 3 is 2.60 bits per heavy atom. The molecule has 1 spiro atoms. The zero-order valence-corrected chi connectivity index (χ0v) is 18.6. The van der Waals surface area contributed by atoms with Gasteiger partial charge in [0.25, 0.3) is 0 Å². The van der Waals surface area contributed by atoms with Crippen LogP contribution in [0, 0.1) is 11.8 Å². The smallest absolute Gasteiger partial charge is 0.246 e. The third-order valence-electron chi connectivity index (χ3n) is 7.02. The highest BCUT2D eigenvalue weighted by atomic mass is 16.5. The van der Waals surface area contributed by atoms with Crippen LogP contribution < -0.4 is 10.6 Å². The van der Waals surface area contributed by atoms with Crippen LogP contribution in [-0.2, 0) is 19.1 Å². The molecule has 3 N–H and O–H groups in total. The van der Waals surface area contributed by atoms with Crippen LogP contribution in [0.25, 0.3) is 0 Å². The van der Waals surface area contributed by atoms with E-state index in [1.165, 1.54) is 4.90 Å². The van der Waals surface area contributed by atoms with Crippen molar-refractivity contribution in [3.63, 3.8) is 0 Å². The average Bonchev–Trinajstić information content (AvgIpc) is 3.35. The zero-order valence-electron chi connectivity index (χ0n) is 18.6. The highest BCUT2D eigenvalue weighted by Gasteiger charge is 2.74. The fourth-order valence-corrected chi connectivity index (χ4v) is 5.69. The molecule has 0 aliphatic carbocycles. The Kier molecular flexibility index (Phi) is 7.07. The van der Waals surface area contributed by atoms with E-state index in [2.05, 4.69) is 17.6 Å². The number of hydrogen-bond acceptors (Lipinski definition) is 5. The molecule has 0 aromatic carbocycles. The monoisotopic (exact) mass is 423 g/mol. The molecule has 8 nitrogen and oxygen atoms in total. The van der Waals surface area contributed by atoms with Crippen LogP contribution in [0.5, 0.6) is 0 Å². The number of nitrogens with zero attached hydrogens (tertiary/aromatic N) is 1. The lowest BCUT2D eigenvalue weighted by atomic mass is 9.70. The maximum Gasteiger partial charge on any atom is 0.246 e. The summed E-state index contributed by atoms with van der Waals surface area (Å²) in [4.78, 5) is 41.5. The van der Waals surface area contributed by atoms with Gasteiger partial charge in [0, 0.05) is 12.6 Å². The highest BCUT2D eigenvalue weighted by Crippen LogP contribution is 2.58. The van der Waals surface area contributed by atoms with Crippen molar-refractivity contribution in [3.8, 4) is 0 Å². The number of hydrogen-bond donors (Lipinski definition) is 3. The minimum Gasteiger partial charge on any atom is -0.394 e. The van der Waals surface area contributed by atoms with Gasteiger partial charge in [-0.2, -0.15) is 0 Å². The summed E-state index contributed by atoms with van der Waals surface area (Å²) in [5.74, 6) is -1.90. The van der Waals surface area contributed by atoms with Crippen molar-refractivity contribution in [2.75, 3.05) is 13.2 Å². The lowest BCUT2D eigenvalue weighted by molar-refractivity contribution is -0.146. The predicted octanol–water partition coefficient (Wildman–Crippen LogP) is 0.963.